The Hall–Kier alpha value is -3.11. The Labute approximate surface area is 216 Å². The number of aliphatic imine (C=N–C) groups is 1. The van der Waals surface area contributed by atoms with Crippen molar-refractivity contribution < 1.29 is 9.47 Å². The van der Waals surface area contributed by atoms with E-state index in [1.807, 2.05) is 7.05 Å². The molecule has 0 unspecified atom stereocenters. The summed E-state index contributed by atoms with van der Waals surface area (Å²) in [6.45, 7) is 6.81. The average Bonchev–Trinajstić information content (AvgIpc) is 3.60. The second kappa shape index (κ2) is 11.3. The highest BCUT2D eigenvalue weighted by Crippen LogP contribution is 2.45. The Balaban J connectivity index is 1.44. The molecule has 188 valence electrons. The third-order valence-electron chi connectivity index (χ3n) is 7.80. The largest absolute Gasteiger partial charge is 0.493 e. The van der Waals surface area contributed by atoms with Gasteiger partial charge in [0.25, 0.3) is 0 Å². The first kappa shape index (κ1) is 24.6. The number of hydrogen-bond acceptors (Lipinski definition) is 4. The molecule has 1 atom stereocenters. The van der Waals surface area contributed by atoms with Crippen molar-refractivity contribution in [2.24, 2.45) is 10.9 Å². The maximum Gasteiger partial charge on any atom is 0.198 e. The molecule has 0 aliphatic carbocycles. The van der Waals surface area contributed by atoms with Gasteiger partial charge < -0.3 is 14.4 Å². The molecule has 2 heterocycles. The number of ether oxygens (including phenoxy) is 2. The highest BCUT2D eigenvalue weighted by molar-refractivity contribution is 5.92. The van der Waals surface area contributed by atoms with Gasteiger partial charge in [-0.2, -0.15) is 0 Å². The van der Waals surface area contributed by atoms with Crippen LogP contribution in [0.3, 0.4) is 0 Å². The monoisotopic (exact) mass is 482 g/mol. The van der Waals surface area contributed by atoms with Gasteiger partial charge in [-0.05, 0) is 60.0 Å². The third-order valence-corrected chi connectivity index (χ3v) is 7.80. The van der Waals surface area contributed by atoms with Crippen LogP contribution in [-0.4, -0.2) is 50.7 Å². The predicted octanol–water partition coefficient (Wildman–Crippen LogP) is 5.93. The van der Waals surface area contributed by atoms with Gasteiger partial charge in [0.1, 0.15) is 5.75 Å². The quantitative estimate of drug-likeness (QED) is 0.280. The molecule has 2 aliphatic rings. The van der Waals surface area contributed by atoms with Crippen LogP contribution in [-0.2, 0) is 23.0 Å². The van der Waals surface area contributed by atoms with Crippen LogP contribution in [0.15, 0.2) is 83.9 Å². The highest BCUT2D eigenvalue weighted by Gasteiger charge is 2.50. The SMILES string of the molecule is CCCOC(=NC)C(c1ccccc1)(c1ccccc1)[C@@H]1CCN(CCc2ccc3c(c2)CCO3)C1. The number of benzene rings is 3. The van der Waals surface area contributed by atoms with Gasteiger partial charge in [-0.25, -0.2) is 0 Å². The van der Waals surface area contributed by atoms with E-state index in [-0.39, 0.29) is 0 Å². The molecule has 3 aromatic rings. The van der Waals surface area contributed by atoms with Crippen molar-refractivity contribution in [3.63, 3.8) is 0 Å². The van der Waals surface area contributed by atoms with E-state index in [2.05, 4.69) is 90.7 Å². The van der Waals surface area contributed by atoms with E-state index in [1.54, 1.807) is 0 Å². The van der Waals surface area contributed by atoms with E-state index < -0.39 is 5.41 Å². The van der Waals surface area contributed by atoms with Crippen LogP contribution in [0.4, 0.5) is 0 Å². The molecule has 2 aliphatic heterocycles. The van der Waals surface area contributed by atoms with Crippen molar-refractivity contribution in [2.75, 3.05) is 39.9 Å². The molecule has 1 fully saturated rings. The summed E-state index contributed by atoms with van der Waals surface area (Å²) in [5.41, 5.74) is 4.88. The van der Waals surface area contributed by atoms with Crippen molar-refractivity contribution in [1.29, 1.82) is 0 Å². The number of fused-ring (bicyclic) bond motifs is 1. The van der Waals surface area contributed by atoms with Gasteiger partial charge in [-0.15, -0.1) is 0 Å². The molecule has 0 amide bonds. The van der Waals surface area contributed by atoms with E-state index in [0.29, 0.717) is 12.5 Å². The molecular formula is C32H38N2O2. The molecule has 3 aromatic carbocycles. The molecule has 4 nitrogen and oxygen atoms in total. The first-order valence-electron chi connectivity index (χ1n) is 13.4. The molecular weight excluding hydrogens is 444 g/mol. The van der Waals surface area contributed by atoms with Crippen LogP contribution in [0.1, 0.15) is 42.0 Å². The number of rotatable bonds is 9. The van der Waals surface area contributed by atoms with Crippen molar-refractivity contribution in [1.82, 2.24) is 4.90 Å². The fourth-order valence-electron chi connectivity index (χ4n) is 6.09. The van der Waals surface area contributed by atoms with Crippen molar-refractivity contribution in [3.8, 4) is 5.75 Å². The Morgan fingerprint density at radius 3 is 2.42 bits per heavy atom. The average molecular weight is 483 g/mol. The maximum absolute atomic E-state index is 6.45. The van der Waals surface area contributed by atoms with Crippen LogP contribution in [0, 0.1) is 5.92 Å². The van der Waals surface area contributed by atoms with Crippen LogP contribution < -0.4 is 4.74 Å². The highest BCUT2D eigenvalue weighted by atomic mass is 16.5. The van der Waals surface area contributed by atoms with Gasteiger partial charge in [0, 0.05) is 26.6 Å². The Kier molecular flexibility index (Phi) is 7.72. The minimum atomic E-state index is -0.411. The van der Waals surface area contributed by atoms with Crippen LogP contribution in [0.2, 0.25) is 0 Å². The molecule has 0 bridgehead atoms. The summed E-state index contributed by atoms with van der Waals surface area (Å²) in [5, 5.41) is 0. The minimum absolute atomic E-state index is 0.367. The number of hydrogen-bond donors (Lipinski definition) is 0. The third kappa shape index (κ3) is 4.79. The van der Waals surface area contributed by atoms with Crippen molar-refractivity contribution in [2.45, 2.75) is 38.0 Å². The molecule has 0 saturated carbocycles. The van der Waals surface area contributed by atoms with Gasteiger partial charge in [0.2, 0.25) is 0 Å². The normalized spacial score (nSPS) is 18.2. The first-order chi connectivity index (χ1) is 17.8. The lowest BCUT2D eigenvalue weighted by atomic mass is 9.65. The topological polar surface area (TPSA) is 34.1 Å². The molecule has 0 spiro atoms. The smallest absolute Gasteiger partial charge is 0.198 e. The Morgan fingerprint density at radius 2 is 1.75 bits per heavy atom. The fraction of sp³-hybridized carbons (Fsp3) is 0.406. The summed E-state index contributed by atoms with van der Waals surface area (Å²) in [4.78, 5) is 7.44. The lowest BCUT2D eigenvalue weighted by molar-refractivity contribution is 0.246. The van der Waals surface area contributed by atoms with E-state index in [0.717, 1.165) is 63.6 Å². The summed E-state index contributed by atoms with van der Waals surface area (Å²) in [5.74, 6) is 2.27. The molecule has 36 heavy (non-hydrogen) atoms. The second-order valence-corrected chi connectivity index (χ2v) is 9.99. The lowest BCUT2D eigenvalue weighted by Gasteiger charge is -2.40. The molecule has 0 radical (unpaired) electrons. The zero-order valence-electron chi connectivity index (χ0n) is 21.7. The first-order valence-corrected chi connectivity index (χ1v) is 13.4. The maximum atomic E-state index is 6.45. The van der Waals surface area contributed by atoms with Gasteiger partial charge in [-0.3, -0.25) is 4.99 Å². The standard InChI is InChI=1S/C32H38N2O2/c1-3-21-36-31(33-2)32(27-10-6-4-7-11-27,28-12-8-5-9-13-28)29-17-20-34(24-29)19-16-25-14-15-30-26(23-25)18-22-35-30/h4-15,23,29H,3,16-22,24H2,1-2H3/t29-/m1/s1. The van der Waals surface area contributed by atoms with Gasteiger partial charge in [-0.1, -0.05) is 79.7 Å². The molecule has 4 heteroatoms. The zero-order chi connectivity index (χ0) is 24.8. The Morgan fingerprint density at radius 1 is 1.03 bits per heavy atom. The fourth-order valence-corrected chi connectivity index (χ4v) is 6.09. The van der Waals surface area contributed by atoms with Gasteiger partial charge in [0.15, 0.2) is 5.90 Å². The molecule has 1 saturated heterocycles. The summed E-state index contributed by atoms with van der Waals surface area (Å²) < 4.78 is 12.1. The van der Waals surface area contributed by atoms with Crippen molar-refractivity contribution >= 4 is 5.90 Å². The molecule has 0 aromatic heterocycles. The predicted molar refractivity (Wildman–Crippen MR) is 147 cm³/mol. The van der Waals surface area contributed by atoms with E-state index in [1.165, 1.54) is 22.3 Å². The van der Waals surface area contributed by atoms with Gasteiger partial charge >= 0.3 is 0 Å². The summed E-state index contributed by atoms with van der Waals surface area (Å²) >= 11 is 0. The van der Waals surface area contributed by atoms with E-state index in [4.69, 9.17) is 14.5 Å². The number of nitrogens with zero attached hydrogens (tertiary/aromatic N) is 2. The van der Waals surface area contributed by atoms with Gasteiger partial charge in [0.05, 0.1) is 18.6 Å². The molecule has 5 rings (SSSR count). The minimum Gasteiger partial charge on any atom is -0.493 e. The van der Waals surface area contributed by atoms with E-state index >= 15 is 0 Å². The van der Waals surface area contributed by atoms with Crippen molar-refractivity contribution in [3.05, 3.63) is 101 Å². The molecule has 0 N–H and O–H groups in total. The zero-order valence-corrected chi connectivity index (χ0v) is 21.7. The van der Waals surface area contributed by atoms with Crippen LogP contribution >= 0.6 is 0 Å². The van der Waals surface area contributed by atoms with Crippen LogP contribution in [0.25, 0.3) is 0 Å². The summed E-state index contributed by atoms with van der Waals surface area (Å²) in [7, 11) is 1.88. The second-order valence-electron chi connectivity index (χ2n) is 9.99. The summed E-state index contributed by atoms with van der Waals surface area (Å²) in [6.07, 6.45) is 4.16. The van der Waals surface area contributed by atoms with E-state index in [9.17, 15) is 0 Å². The summed E-state index contributed by atoms with van der Waals surface area (Å²) in [6, 6.07) is 28.5. The Bertz CT molecular complexity index is 1120. The lowest BCUT2D eigenvalue weighted by Crippen LogP contribution is -2.47. The van der Waals surface area contributed by atoms with Crippen LogP contribution in [0.5, 0.6) is 5.75 Å². The number of likely N-dealkylation sites (tertiary alicyclic amines) is 1.